The van der Waals surface area contributed by atoms with E-state index in [2.05, 4.69) is 42.0 Å². The minimum atomic E-state index is -0.310. The number of esters is 1. The minimum absolute atomic E-state index is 0.310. The van der Waals surface area contributed by atoms with Crippen LogP contribution in [0.25, 0.3) is 0 Å². The normalized spacial score (nSPS) is 12.5. The molecular weight excluding hydrogens is 318 g/mol. The maximum atomic E-state index is 11.4. The number of benzene rings is 1. The lowest BCUT2D eigenvalue weighted by atomic mass is 10.0. The summed E-state index contributed by atoms with van der Waals surface area (Å²) in [4.78, 5) is 11.4. The van der Waals surface area contributed by atoms with Gasteiger partial charge >= 0.3 is 5.97 Å². The lowest BCUT2D eigenvalue weighted by Gasteiger charge is -2.16. The Kier molecular flexibility index (Phi) is 7.24. The molecule has 0 spiro atoms. The predicted octanol–water partition coefficient (Wildman–Crippen LogP) is 4.15. The number of carbonyl (C=O) groups is 1. The van der Waals surface area contributed by atoms with E-state index in [4.69, 9.17) is 4.74 Å². The topological polar surface area (TPSA) is 38.3 Å². The molecule has 0 saturated heterocycles. The van der Waals surface area contributed by atoms with Crippen LogP contribution < -0.4 is 5.32 Å². The van der Waals surface area contributed by atoms with Crippen molar-refractivity contribution in [1.82, 2.24) is 5.32 Å². The molecule has 1 rings (SSSR count). The fourth-order valence-corrected chi connectivity index (χ4v) is 2.42. The molecule has 1 atom stereocenters. The van der Waals surface area contributed by atoms with Crippen LogP contribution in [-0.4, -0.2) is 19.1 Å². The Morgan fingerprint density at radius 1 is 1.30 bits per heavy atom. The summed E-state index contributed by atoms with van der Waals surface area (Å²) >= 11 is 3.51. The van der Waals surface area contributed by atoms with Crippen molar-refractivity contribution < 1.29 is 9.53 Å². The molecule has 1 aromatic carbocycles. The summed E-state index contributed by atoms with van der Waals surface area (Å²) in [5.41, 5.74) is 1.71. The van der Waals surface area contributed by atoms with Crippen molar-refractivity contribution in [3.05, 3.63) is 33.8 Å². The number of methoxy groups -OCH3 is 1. The quantitative estimate of drug-likeness (QED) is 0.757. The predicted molar refractivity (Wildman–Crippen MR) is 85.9 cm³/mol. The van der Waals surface area contributed by atoms with E-state index in [-0.39, 0.29) is 5.97 Å². The number of halogens is 1. The highest BCUT2D eigenvalue weighted by Gasteiger charge is 2.09. The first-order chi connectivity index (χ1) is 9.43. The third kappa shape index (κ3) is 5.63. The van der Waals surface area contributed by atoms with Crippen LogP contribution >= 0.6 is 15.9 Å². The first-order valence-corrected chi connectivity index (χ1v) is 7.83. The largest absolute Gasteiger partial charge is 0.465 e. The fourth-order valence-electron chi connectivity index (χ4n) is 1.91. The standard InChI is InChI=1S/C16H24BrNO2/c1-11(2)5-6-12(3)18-10-14-8-7-13(9-15(14)17)16(19)20-4/h7-9,11-12,18H,5-6,10H2,1-4H3. The van der Waals surface area contributed by atoms with Crippen LogP contribution in [0.2, 0.25) is 0 Å². The monoisotopic (exact) mass is 341 g/mol. The van der Waals surface area contributed by atoms with Crippen LogP contribution in [0.15, 0.2) is 22.7 Å². The zero-order valence-electron chi connectivity index (χ0n) is 12.7. The number of rotatable bonds is 7. The molecule has 0 radical (unpaired) electrons. The lowest BCUT2D eigenvalue weighted by molar-refractivity contribution is 0.0600. The number of hydrogen-bond donors (Lipinski definition) is 1. The second kappa shape index (κ2) is 8.42. The van der Waals surface area contributed by atoms with Gasteiger partial charge in [-0.3, -0.25) is 0 Å². The molecule has 0 aromatic heterocycles. The molecule has 0 aliphatic rings. The molecule has 112 valence electrons. The highest BCUT2D eigenvalue weighted by Crippen LogP contribution is 2.19. The Bertz CT molecular complexity index is 446. The highest BCUT2D eigenvalue weighted by atomic mass is 79.9. The molecule has 1 N–H and O–H groups in total. The van der Waals surface area contributed by atoms with Crippen LogP contribution in [0.1, 0.15) is 49.5 Å². The van der Waals surface area contributed by atoms with Gasteiger partial charge in [-0.1, -0.05) is 35.8 Å². The van der Waals surface area contributed by atoms with E-state index in [0.717, 1.165) is 22.5 Å². The molecule has 0 amide bonds. The minimum Gasteiger partial charge on any atom is -0.465 e. The Balaban J connectivity index is 2.54. The summed E-state index contributed by atoms with van der Waals surface area (Å²) in [6.45, 7) is 7.49. The zero-order valence-corrected chi connectivity index (χ0v) is 14.3. The van der Waals surface area contributed by atoms with Crippen LogP contribution in [0.4, 0.5) is 0 Å². The van der Waals surface area contributed by atoms with Gasteiger partial charge < -0.3 is 10.1 Å². The fraction of sp³-hybridized carbons (Fsp3) is 0.562. The highest BCUT2D eigenvalue weighted by molar-refractivity contribution is 9.10. The van der Waals surface area contributed by atoms with Crippen molar-refractivity contribution in [2.24, 2.45) is 5.92 Å². The summed E-state index contributed by atoms with van der Waals surface area (Å²) in [6, 6.07) is 6.05. The molecule has 0 heterocycles. The van der Waals surface area contributed by atoms with Crippen LogP contribution in [-0.2, 0) is 11.3 Å². The van der Waals surface area contributed by atoms with Crippen LogP contribution in [0, 0.1) is 5.92 Å². The van der Waals surface area contributed by atoms with E-state index < -0.39 is 0 Å². The molecular formula is C16H24BrNO2. The molecule has 0 aliphatic heterocycles. The Labute approximate surface area is 130 Å². The Morgan fingerprint density at radius 3 is 2.55 bits per heavy atom. The van der Waals surface area contributed by atoms with Gasteiger partial charge in [-0.15, -0.1) is 0 Å². The average Bonchev–Trinajstić information content (AvgIpc) is 2.42. The van der Waals surface area contributed by atoms with Gasteiger partial charge in [-0.05, 0) is 43.4 Å². The van der Waals surface area contributed by atoms with Crippen molar-refractivity contribution in [2.75, 3.05) is 7.11 Å². The molecule has 0 saturated carbocycles. The van der Waals surface area contributed by atoms with Gasteiger partial charge in [0.05, 0.1) is 12.7 Å². The van der Waals surface area contributed by atoms with E-state index >= 15 is 0 Å². The molecule has 20 heavy (non-hydrogen) atoms. The maximum Gasteiger partial charge on any atom is 0.337 e. The molecule has 0 fully saturated rings. The van der Waals surface area contributed by atoms with Gasteiger partial charge in [0, 0.05) is 17.1 Å². The third-order valence-electron chi connectivity index (χ3n) is 3.29. The van der Waals surface area contributed by atoms with Crippen molar-refractivity contribution in [3.8, 4) is 0 Å². The first-order valence-electron chi connectivity index (χ1n) is 7.04. The summed E-state index contributed by atoms with van der Waals surface area (Å²) < 4.78 is 5.64. The zero-order chi connectivity index (χ0) is 15.1. The summed E-state index contributed by atoms with van der Waals surface area (Å²) in [5.74, 6) is 0.431. The average molecular weight is 342 g/mol. The van der Waals surface area contributed by atoms with Crippen molar-refractivity contribution in [3.63, 3.8) is 0 Å². The van der Waals surface area contributed by atoms with Crippen LogP contribution in [0.3, 0.4) is 0 Å². The van der Waals surface area contributed by atoms with E-state index in [1.165, 1.54) is 20.0 Å². The summed E-state index contributed by atoms with van der Waals surface area (Å²) in [7, 11) is 1.39. The van der Waals surface area contributed by atoms with Crippen molar-refractivity contribution in [2.45, 2.75) is 46.2 Å². The number of nitrogens with one attached hydrogen (secondary N) is 1. The Morgan fingerprint density at radius 2 is 2.00 bits per heavy atom. The number of carbonyl (C=O) groups excluding carboxylic acids is 1. The SMILES string of the molecule is COC(=O)c1ccc(CNC(C)CCC(C)C)c(Br)c1. The van der Waals surface area contributed by atoms with Gasteiger partial charge in [-0.25, -0.2) is 4.79 Å². The smallest absolute Gasteiger partial charge is 0.337 e. The molecule has 1 aromatic rings. The Hall–Kier alpha value is -0.870. The first kappa shape index (κ1) is 17.2. The van der Waals surface area contributed by atoms with E-state index in [1.54, 1.807) is 6.07 Å². The number of hydrogen-bond acceptors (Lipinski definition) is 3. The molecule has 0 bridgehead atoms. The van der Waals surface area contributed by atoms with Gasteiger partial charge in [-0.2, -0.15) is 0 Å². The van der Waals surface area contributed by atoms with Crippen molar-refractivity contribution in [1.29, 1.82) is 0 Å². The van der Waals surface area contributed by atoms with Gasteiger partial charge in [0.15, 0.2) is 0 Å². The van der Waals surface area contributed by atoms with Gasteiger partial charge in [0.1, 0.15) is 0 Å². The molecule has 0 aliphatic carbocycles. The molecule has 3 nitrogen and oxygen atoms in total. The van der Waals surface area contributed by atoms with E-state index in [0.29, 0.717) is 11.6 Å². The van der Waals surface area contributed by atoms with E-state index in [1.807, 2.05) is 12.1 Å². The van der Waals surface area contributed by atoms with Gasteiger partial charge in [0.2, 0.25) is 0 Å². The lowest BCUT2D eigenvalue weighted by Crippen LogP contribution is -2.26. The van der Waals surface area contributed by atoms with Crippen LogP contribution in [0.5, 0.6) is 0 Å². The van der Waals surface area contributed by atoms with Crippen molar-refractivity contribution >= 4 is 21.9 Å². The molecule has 1 unspecified atom stereocenters. The van der Waals surface area contributed by atoms with E-state index in [9.17, 15) is 4.79 Å². The summed E-state index contributed by atoms with van der Waals surface area (Å²) in [5, 5.41) is 3.51. The second-order valence-electron chi connectivity index (χ2n) is 5.55. The third-order valence-corrected chi connectivity index (χ3v) is 4.03. The summed E-state index contributed by atoms with van der Waals surface area (Å²) in [6.07, 6.45) is 2.41. The molecule has 4 heteroatoms. The maximum absolute atomic E-state index is 11.4. The second-order valence-corrected chi connectivity index (χ2v) is 6.41. The van der Waals surface area contributed by atoms with Gasteiger partial charge in [0.25, 0.3) is 0 Å². The number of ether oxygens (including phenoxy) is 1.